The molecule has 2 fully saturated rings. The first-order valence-corrected chi connectivity index (χ1v) is 7.22. The highest BCUT2D eigenvalue weighted by Crippen LogP contribution is 2.24. The second-order valence-corrected chi connectivity index (χ2v) is 5.66. The summed E-state index contributed by atoms with van der Waals surface area (Å²) in [4.78, 5) is 14.2. The van der Waals surface area contributed by atoms with Gasteiger partial charge in [0.05, 0.1) is 12.2 Å². The van der Waals surface area contributed by atoms with E-state index in [1.807, 2.05) is 0 Å². The molecule has 0 spiro atoms. The zero-order valence-corrected chi connectivity index (χ0v) is 11.4. The number of hydrogen-bond acceptors (Lipinski definition) is 3. The van der Waals surface area contributed by atoms with E-state index in [0.717, 1.165) is 26.1 Å². The first kappa shape index (κ1) is 13.5. The third-order valence-corrected chi connectivity index (χ3v) is 4.25. The Morgan fingerprint density at radius 3 is 3.10 bits per heavy atom. The molecule has 0 aliphatic carbocycles. The molecule has 0 radical (unpaired) electrons. The van der Waals surface area contributed by atoms with Crippen LogP contribution in [0.3, 0.4) is 0 Å². The maximum Gasteiger partial charge on any atom is 0.238 e. The number of fused-ring (bicyclic) bond motifs is 1. The number of benzene rings is 1. The predicted octanol–water partition coefficient (Wildman–Crippen LogP) is 1.45. The Hall–Kier alpha value is -1.46. The summed E-state index contributed by atoms with van der Waals surface area (Å²) >= 11 is 0. The van der Waals surface area contributed by atoms with Crippen LogP contribution in [0.15, 0.2) is 24.3 Å². The molecule has 2 aliphatic rings. The summed E-state index contributed by atoms with van der Waals surface area (Å²) in [6.45, 7) is 3.32. The highest BCUT2D eigenvalue weighted by molar-refractivity contribution is 5.92. The Balaban J connectivity index is 1.53. The Kier molecular flexibility index (Phi) is 3.98. The van der Waals surface area contributed by atoms with Crippen molar-refractivity contribution in [2.45, 2.75) is 18.9 Å². The van der Waals surface area contributed by atoms with Gasteiger partial charge in [-0.05, 0) is 37.4 Å². The lowest BCUT2D eigenvalue weighted by Crippen LogP contribution is -2.46. The first-order chi connectivity index (χ1) is 9.72. The van der Waals surface area contributed by atoms with Gasteiger partial charge in [0.1, 0.15) is 5.82 Å². The van der Waals surface area contributed by atoms with Crippen molar-refractivity contribution in [3.05, 3.63) is 30.1 Å². The molecule has 5 heteroatoms. The fourth-order valence-corrected chi connectivity index (χ4v) is 3.22. The molecule has 1 aromatic carbocycles. The van der Waals surface area contributed by atoms with E-state index in [1.54, 1.807) is 18.2 Å². The third-order valence-electron chi connectivity index (χ3n) is 4.25. The summed E-state index contributed by atoms with van der Waals surface area (Å²) < 4.78 is 13.5. The minimum absolute atomic E-state index is 0.139. The topological polar surface area (TPSA) is 44.4 Å². The van der Waals surface area contributed by atoms with Gasteiger partial charge in [0.25, 0.3) is 0 Å². The Morgan fingerprint density at radius 1 is 1.40 bits per heavy atom. The molecular weight excluding hydrogens is 257 g/mol. The fourth-order valence-electron chi connectivity index (χ4n) is 3.22. The van der Waals surface area contributed by atoms with E-state index in [-0.39, 0.29) is 17.4 Å². The van der Waals surface area contributed by atoms with Crippen LogP contribution in [-0.2, 0) is 4.79 Å². The monoisotopic (exact) mass is 277 g/mol. The van der Waals surface area contributed by atoms with Crippen molar-refractivity contribution < 1.29 is 9.18 Å². The van der Waals surface area contributed by atoms with Gasteiger partial charge in [-0.2, -0.15) is 0 Å². The molecule has 0 aromatic heterocycles. The zero-order valence-electron chi connectivity index (χ0n) is 11.4. The second-order valence-electron chi connectivity index (χ2n) is 5.66. The summed E-state index contributed by atoms with van der Waals surface area (Å²) in [5.74, 6) is 0.129. The van der Waals surface area contributed by atoms with Crippen LogP contribution in [0.1, 0.15) is 12.8 Å². The van der Waals surface area contributed by atoms with Crippen molar-refractivity contribution in [3.63, 3.8) is 0 Å². The van der Waals surface area contributed by atoms with Crippen LogP contribution < -0.4 is 10.6 Å². The lowest BCUT2D eigenvalue weighted by Gasteiger charge is -2.34. The van der Waals surface area contributed by atoms with Crippen LogP contribution in [0.5, 0.6) is 0 Å². The maximum atomic E-state index is 13.5. The number of carbonyl (C=O) groups excluding carboxylic acids is 1. The molecule has 1 amide bonds. The van der Waals surface area contributed by atoms with Gasteiger partial charge in [-0.25, -0.2) is 4.39 Å². The van der Waals surface area contributed by atoms with Gasteiger partial charge in [0, 0.05) is 19.1 Å². The van der Waals surface area contributed by atoms with Crippen molar-refractivity contribution in [1.29, 1.82) is 0 Å². The summed E-state index contributed by atoms with van der Waals surface area (Å²) in [6.07, 6.45) is 2.29. The largest absolute Gasteiger partial charge is 0.322 e. The van der Waals surface area contributed by atoms with E-state index in [9.17, 15) is 9.18 Å². The van der Waals surface area contributed by atoms with Gasteiger partial charge in [-0.3, -0.25) is 9.69 Å². The minimum atomic E-state index is -0.389. The Morgan fingerprint density at radius 2 is 2.25 bits per heavy atom. The predicted molar refractivity (Wildman–Crippen MR) is 76.0 cm³/mol. The minimum Gasteiger partial charge on any atom is -0.322 e. The number of nitrogens with one attached hydrogen (secondary N) is 2. The lowest BCUT2D eigenvalue weighted by molar-refractivity contribution is -0.117. The molecule has 0 saturated carbocycles. The van der Waals surface area contributed by atoms with Crippen LogP contribution in [0.25, 0.3) is 0 Å². The second kappa shape index (κ2) is 5.89. The number of anilines is 1. The number of amides is 1. The highest BCUT2D eigenvalue weighted by Gasteiger charge is 2.32. The maximum absolute atomic E-state index is 13.5. The molecule has 20 heavy (non-hydrogen) atoms. The molecular formula is C15H20FN3O. The van der Waals surface area contributed by atoms with Gasteiger partial charge in [0.2, 0.25) is 5.91 Å². The number of nitrogens with zero attached hydrogens (tertiary/aromatic N) is 1. The van der Waals surface area contributed by atoms with Crippen LogP contribution >= 0.6 is 0 Å². The van der Waals surface area contributed by atoms with Crippen LogP contribution in [0.4, 0.5) is 10.1 Å². The van der Waals surface area contributed by atoms with E-state index in [0.29, 0.717) is 18.5 Å². The number of likely N-dealkylation sites (tertiary alicyclic amines) is 1. The van der Waals surface area contributed by atoms with Crippen molar-refractivity contribution >= 4 is 11.6 Å². The van der Waals surface area contributed by atoms with E-state index in [2.05, 4.69) is 15.5 Å². The Labute approximate surface area is 118 Å². The molecule has 2 aliphatic heterocycles. The average molecular weight is 277 g/mol. The van der Waals surface area contributed by atoms with Crippen molar-refractivity contribution in [2.75, 3.05) is 31.5 Å². The van der Waals surface area contributed by atoms with Gasteiger partial charge in [-0.1, -0.05) is 12.1 Å². The number of hydrogen-bond donors (Lipinski definition) is 2. The van der Waals surface area contributed by atoms with Crippen molar-refractivity contribution in [2.24, 2.45) is 5.92 Å². The molecule has 2 saturated heterocycles. The van der Waals surface area contributed by atoms with E-state index in [1.165, 1.54) is 12.5 Å². The molecule has 108 valence electrons. The molecule has 2 unspecified atom stereocenters. The van der Waals surface area contributed by atoms with E-state index in [4.69, 9.17) is 0 Å². The summed E-state index contributed by atoms with van der Waals surface area (Å²) in [5.41, 5.74) is 0.259. The SMILES string of the molecule is O=C(CN1CCC2NCCC2C1)Nc1ccccc1F. The Bertz CT molecular complexity index is 494. The normalized spacial score (nSPS) is 26.2. The van der Waals surface area contributed by atoms with Gasteiger partial charge in [0.15, 0.2) is 0 Å². The third kappa shape index (κ3) is 2.99. The van der Waals surface area contributed by atoms with E-state index >= 15 is 0 Å². The van der Waals surface area contributed by atoms with Crippen molar-refractivity contribution in [3.8, 4) is 0 Å². The van der Waals surface area contributed by atoms with Gasteiger partial charge >= 0.3 is 0 Å². The molecule has 0 bridgehead atoms. The first-order valence-electron chi connectivity index (χ1n) is 7.22. The lowest BCUT2D eigenvalue weighted by atomic mass is 9.93. The zero-order chi connectivity index (χ0) is 13.9. The van der Waals surface area contributed by atoms with Crippen LogP contribution in [0.2, 0.25) is 0 Å². The number of piperidine rings is 1. The summed E-state index contributed by atoms with van der Waals surface area (Å²) in [6, 6.07) is 6.89. The van der Waals surface area contributed by atoms with Gasteiger partial charge < -0.3 is 10.6 Å². The molecule has 4 nitrogen and oxygen atoms in total. The number of carbonyl (C=O) groups is 1. The smallest absolute Gasteiger partial charge is 0.238 e. The highest BCUT2D eigenvalue weighted by atomic mass is 19.1. The van der Waals surface area contributed by atoms with Crippen LogP contribution in [-0.4, -0.2) is 43.0 Å². The summed E-state index contributed by atoms with van der Waals surface area (Å²) in [7, 11) is 0. The van der Waals surface area contributed by atoms with E-state index < -0.39 is 0 Å². The number of rotatable bonds is 3. The standard InChI is InChI=1S/C15H20FN3O/c16-12-3-1-2-4-14(12)18-15(20)10-19-8-6-13-11(9-19)5-7-17-13/h1-4,11,13,17H,5-10H2,(H,18,20). The number of halogens is 1. The van der Waals surface area contributed by atoms with Crippen LogP contribution in [0, 0.1) is 11.7 Å². The summed E-state index contributed by atoms with van der Waals surface area (Å²) in [5, 5.41) is 6.15. The molecule has 2 N–H and O–H groups in total. The number of para-hydroxylation sites is 1. The molecule has 2 heterocycles. The van der Waals surface area contributed by atoms with Crippen molar-refractivity contribution in [1.82, 2.24) is 10.2 Å². The van der Waals surface area contributed by atoms with Gasteiger partial charge in [-0.15, -0.1) is 0 Å². The molecule has 1 aromatic rings. The molecule has 2 atom stereocenters. The fraction of sp³-hybridized carbons (Fsp3) is 0.533. The quantitative estimate of drug-likeness (QED) is 0.879. The average Bonchev–Trinajstić information content (AvgIpc) is 2.89. The molecule has 3 rings (SSSR count).